The van der Waals surface area contributed by atoms with Gasteiger partial charge in [0.25, 0.3) is 0 Å². The fraction of sp³-hybridized carbons (Fsp3) is 0.462. The van der Waals surface area contributed by atoms with Crippen LogP contribution in [0.2, 0.25) is 0 Å². The second kappa shape index (κ2) is 6.81. The van der Waals surface area contributed by atoms with Crippen molar-refractivity contribution in [3.63, 3.8) is 0 Å². The van der Waals surface area contributed by atoms with Crippen LogP contribution >= 0.6 is 11.8 Å². The Kier molecular flexibility index (Phi) is 5.08. The summed E-state index contributed by atoms with van der Waals surface area (Å²) >= 11 is 1.24. The normalized spacial score (nSPS) is 11.2. The molecule has 0 fully saturated rings. The van der Waals surface area contributed by atoms with E-state index in [4.69, 9.17) is 0 Å². The molecular weight excluding hydrogens is 277 g/mol. The van der Waals surface area contributed by atoms with Crippen molar-refractivity contribution in [2.45, 2.75) is 30.4 Å². The average molecular weight is 295 g/mol. The van der Waals surface area contributed by atoms with Gasteiger partial charge in [-0.25, -0.2) is 9.07 Å². The Labute approximate surface area is 122 Å². The molecule has 0 bridgehead atoms. The van der Waals surface area contributed by atoms with Crippen LogP contribution in [0, 0.1) is 11.7 Å². The van der Waals surface area contributed by atoms with Gasteiger partial charge in [-0.3, -0.25) is 0 Å². The lowest BCUT2D eigenvalue weighted by atomic mass is 10.2. The van der Waals surface area contributed by atoms with E-state index in [2.05, 4.69) is 34.7 Å². The maximum absolute atomic E-state index is 14.0. The number of rotatable bonds is 6. The van der Waals surface area contributed by atoms with Crippen molar-refractivity contribution in [1.29, 1.82) is 0 Å². The third kappa shape index (κ3) is 3.77. The fourth-order valence-corrected chi connectivity index (χ4v) is 2.57. The van der Waals surface area contributed by atoms with E-state index < -0.39 is 0 Å². The first-order chi connectivity index (χ1) is 9.58. The lowest BCUT2D eigenvalue weighted by molar-refractivity contribution is 0.542. The molecule has 2 rings (SSSR count). The van der Waals surface area contributed by atoms with Crippen molar-refractivity contribution in [2.75, 3.05) is 6.54 Å². The molecule has 0 aliphatic carbocycles. The summed E-state index contributed by atoms with van der Waals surface area (Å²) in [6.07, 6.45) is 0. The van der Waals surface area contributed by atoms with E-state index in [-0.39, 0.29) is 5.82 Å². The van der Waals surface area contributed by atoms with Gasteiger partial charge in [0.2, 0.25) is 5.16 Å². The minimum absolute atomic E-state index is 0.248. The molecule has 108 valence electrons. The zero-order valence-corrected chi connectivity index (χ0v) is 12.6. The van der Waals surface area contributed by atoms with Crippen LogP contribution in [0.3, 0.4) is 0 Å². The van der Waals surface area contributed by atoms with Crippen molar-refractivity contribution in [3.05, 3.63) is 29.6 Å². The first-order valence-electron chi connectivity index (χ1n) is 6.46. The lowest BCUT2D eigenvalue weighted by Gasteiger charge is -2.11. The first-order valence-corrected chi connectivity index (χ1v) is 7.28. The summed E-state index contributed by atoms with van der Waals surface area (Å²) in [6, 6.07) is 5.10. The van der Waals surface area contributed by atoms with E-state index in [1.165, 1.54) is 22.5 Å². The zero-order chi connectivity index (χ0) is 14.5. The Morgan fingerprint density at radius 3 is 2.85 bits per heavy atom. The summed E-state index contributed by atoms with van der Waals surface area (Å²) in [5.74, 6) is 0.310. The van der Waals surface area contributed by atoms with Crippen molar-refractivity contribution in [3.8, 4) is 0 Å². The van der Waals surface area contributed by atoms with E-state index in [1.54, 1.807) is 13.1 Å². The van der Waals surface area contributed by atoms with E-state index in [0.29, 0.717) is 22.5 Å². The molecule has 0 atom stereocenters. The summed E-state index contributed by atoms with van der Waals surface area (Å²) in [7, 11) is 1.74. The van der Waals surface area contributed by atoms with Gasteiger partial charge < -0.3 is 5.32 Å². The van der Waals surface area contributed by atoms with Gasteiger partial charge in [-0.2, -0.15) is 0 Å². The summed E-state index contributed by atoms with van der Waals surface area (Å²) in [5.41, 5.74) is 0.915. The van der Waals surface area contributed by atoms with Gasteiger partial charge in [0.1, 0.15) is 5.82 Å². The smallest absolute Gasteiger partial charge is 0.213 e. The van der Waals surface area contributed by atoms with E-state index in [1.807, 2.05) is 6.07 Å². The van der Waals surface area contributed by atoms with Gasteiger partial charge in [-0.05, 0) is 46.3 Å². The van der Waals surface area contributed by atoms with Gasteiger partial charge in [0, 0.05) is 13.6 Å². The van der Waals surface area contributed by atoms with Crippen LogP contribution in [0.25, 0.3) is 0 Å². The molecule has 1 aromatic carbocycles. The van der Waals surface area contributed by atoms with E-state index >= 15 is 0 Å². The molecule has 0 aliphatic heterocycles. The number of hydrogen-bond acceptors (Lipinski definition) is 5. The molecule has 0 unspecified atom stereocenters. The summed E-state index contributed by atoms with van der Waals surface area (Å²) in [6.45, 7) is 5.80. The molecule has 2 aromatic rings. The molecule has 0 spiro atoms. The van der Waals surface area contributed by atoms with Crippen LogP contribution in [-0.2, 0) is 13.6 Å². The number of hydrogen-bond donors (Lipinski definition) is 1. The molecule has 20 heavy (non-hydrogen) atoms. The predicted octanol–water partition coefficient (Wildman–Crippen LogP) is 2.25. The zero-order valence-electron chi connectivity index (χ0n) is 11.8. The van der Waals surface area contributed by atoms with Gasteiger partial charge in [0.05, 0.1) is 4.90 Å². The molecule has 1 heterocycles. The predicted molar refractivity (Wildman–Crippen MR) is 75.9 cm³/mol. The van der Waals surface area contributed by atoms with Crippen LogP contribution < -0.4 is 5.32 Å². The molecule has 0 aliphatic rings. The van der Waals surface area contributed by atoms with Crippen LogP contribution in [0.5, 0.6) is 0 Å². The second-order valence-corrected chi connectivity index (χ2v) is 5.92. The second-order valence-electron chi connectivity index (χ2n) is 4.94. The number of tetrazole rings is 1. The highest BCUT2D eigenvalue weighted by atomic mass is 32.2. The highest BCUT2D eigenvalue weighted by Gasteiger charge is 2.13. The number of halogens is 1. The Balaban J connectivity index is 2.16. The molecule has 0 amide bonds. The molecular formula is C13H18FN5S. The molecule has 1 N–H and O–H groups in total. The number of nitrogens with one attached hydrogen (secondary N) is 1. The Morgan fingerprint density at radius 1 is 1.40 bits per heavy atom. The lowest BCUT2D eigenvalue weighted by Crippen LogP contribution is -2.19. The number of benzene rings is 1. The summed E-state index contributed by atoms with van der Waals surface area (Å²) < 4.78 is 15.6. The van der Waals surface area contributed by atoms with Crippen LogP contribution in [0.15, 0.2) is 28.3 Å². The van der Waals surface area contributed by atoms with Crippen molar-refractivity contribution >= 4 is 11.8 Å². The minimum Gasteiger partial charge on any atom is -0.312 e. The molecule has 5 nitrogen and oxygen atoms in total. The SMILES string of the molecule is CC(C)CNCc1cccc(F)c1Sc1nnnn1C. The first kappa shape index (κ1) is 14.9. The van der Waals surface area contributed by atoms with Crippen LogP contribution in [-0.4, -0.2) is 26.8 Å². The highest BCUT2D eigenvalue weighted by Crippen LogP contribution is 2.30. The number of nitrogens with zero attached hydrogens (tertiary/aromatic N) is 4. The molecule has 1 aromatic heterocycles. The summed E-state index contributed by atoms with van der Waals surface area (Å²) in [5, 5.41) is 15.1. The average Bonchev–Trinajstić information content (AvgIpc) is 2.78. The van der Waals surface area contributed by atoms with Crippen molar-refractivity contribution in [1.82, 2.24) is 25.5 Å². The van der Waals surface area contributed by atoms with E-state index in [9.17, 15) is 4.39 Å². The third-order valence-electron chi connectivity index (χ3n) is 2.69. The molecule has 0 saturated carbocycles. The van der Waals surface area contributed by atoms with Gasteiger partial charge in [-0.15, -0.1) is 5.10 Å². The quantitative estimate of drug-likeness (QED) is 0.886. The van der Waals surface area contributed by atoms with Gasteiger partial charge in [0.15, 0.2) is 0 Å². The standard InChI is InChI=1S/C13H18FN5S/c1-9(2)7-15-8-10-5-4-6-11(14)12(10)20-13-16-17-18-19(13)3/h4-6,9,15H,7-8H2,1-3H3. The van der Waals surface area contributed by atoms with Gasteiger partial charge in [-0.1, -0.05) is 26.0 Å². The largest absolute Gasteiger partial charge is 0.312 e. The monoisotopic (exact) mass is 295 g/mol. The van der Waals surface area contributed by atoms with Gasteiger partial charge >= 0.3 is 0 Å². The molecule has 0 saturated heterocycles. The Hall–Kier alpha value is -1.47. The van der Waals surface area contributed by atoms with Crippen LogP contribution in [0.1, 0.15) is 19.4 Å². The fourth-order valence-electron chi connectivity index (χ4n) is 1.70. The molecule has 0 radical (unpaired) electrons. The van der Waals surface area contributed by atoms with Crippen molar-refractivity contribution < 1.29 is 4.39 Å². The topological polar surface area (TPSA) is 55.6 Å². The minimum atomic E-state index is -0.248. The number of aromatic nitrogens is 4. The Morgan fingerprint density at radius 2 is 2.20 bits per heavy atom. The van der Waals surface area contributed by atoms with Crippen molar-refractivity contribution in [2.24, 2.45) is 13.0 Å². The third-order valence-corrected chi connectivity index (χ3v) is 3.88. The number of aryl methyl sites for hydroxylation is 1. The highest BCUT2D eigenvalue weighted by molar-refractivity contribution is 7.99. The summed E-state index contributed by atoms with van der Waals surface area (Å²) in [4.78, 5) is 0.571. The Bertz CT molecular complexity index is 570. The van der Waals surface area contributed by atoms with Crippen LogP contribution in [0.4, 0.5) is 4.39 Å². The molecule has 7 heteroatoms. The maximum atomic E-state index is 14.0. The van der Waals surface area contributed by atoms with E-state index in [0.717, 1.165) is 12.1 Å². The maximum Gasteiger partial charge on any atom is 0.213 e.